The number of carbonyl (C=O) groups is 1. The summed E-state index contributed by atoms with van der Waals surface area (Å²) >= 11 is 0. The third-order valence-corrected chi connectivity index (χ3v) is 1.82. The average molecular weight is 242 g/mol. The van der Waals surface area contributed by atoms with E-state index < -0.39 is 23.8 Å². The van der Waals surface area contributed by atoms with E-state index in [-0.39, 0.29) is 12.2 Å². The summed E-state index contributed by atoms with van der Waals surface area (Å²) in [5.74, 6) is 2.65. The van der Waals surface area contributed by atoms with Crippen molar-refractivity contribution in [1.29, 1.82) is 0 Å². The minimum Gasteiger partial charge on any atom is -0.456 e. The van der Waals surface area contributed by atoms with Gasteiger partial charge in [0.15, 0.2) is 0 Å². The Labute approximate surface area is 96.4 Å². The molecule has 0 radical (unpaired) electrons. The maximum absolute atomic E-state index is 13.1. The number of hydrogen-bond acceptors (Lipinski definition) is 2. The predicted octanol–water partition coefficient (Wildman–Crippen LogP) is 2.68. The number of ether oxygens (including phenoxy) is 1. The third-order valence-electron chi connectivity index (χ3n) is 1.82. The maximum Gasteiger partial charge on any atom is 0.384 e. The highest BCUT2D eigenvalue weighted by Crippen LogP contribution is 2.22. The number of carbonyl (C=O) groups excluding carboxylic acids is 1. The van der Waals surface area contributed by atoms with Gasteiger partial charge >= 0.3 is 5.97 Å². The second kappa shape index (κ2) is 5.94. The van der Waals surface area contributed by atoms with Gasteiger partial charge in [-0.1, -0.05) is 5.92 Å². The summed E-state index contributed by atoms with van der Waals surface area (Å²) in [5, 5.41) is 0. The van der Waals surface area contributed by atoms with Gasteiger partial charge in [0, 0.05) is 11.5 Å². The summed E-state index contributed by atoms with van der Waals surface area (Å²) in [6.45, 7) is 1.81. The SMILES string of the molecule is CCOC(=O)C#Cc1ccc(C(F)F)c(F)c1. The molecule has 1 aromatic rings. The average Bonchev–Trinajstić information content (AvgIpc) is 2.26. The van der Waals surface area contributed by atoms with Crippen LogP contribution in [0.5, 0.6) is 0 Å². The van der Waals surface area contributed by atoms with E-state index in [4.69, 9.17) is 0 Å². The smallest absolute Gasteiger partial charge is 0.384 e. The Bertz CT molecular complexity index is 472. The molecule has 1 aromatic carbocycles. The Balaban J connectivity index is 2.87. The summed E-state index contributed by atoms with van der Waals surface area (Å²) in [5.41, 5.74) is -0.549. The molecule has 0 amide bonds. The molecule has 17 heavy (non-hydrogen) atoms. The Kier molecular flexibility index (Phi) is 4.58. The fourth-order valence-corrected chi connectivity index (χ4v) is 1.07. The van der Waals surface area contributed by atoms with Crippen LogP contribution in [0, 0.1) is 17.7 Å². The summed E-state index contributed by atoms with van der Waals surface area (Å²) in [7, 11) is 0. The van der Waals surface area contributed by atoms with Crippen LogP contribution >= 0.6 is 0 Å². The Morgan fingerprint density at radius 2 is 2.18 bits per heavy atom. The van der Waals surface area contributed by atoms with Crippen LogP contribution in [-0.4, -0.2) is 12.6 Å². The largest absolute Gasteiger partial charge is 0.456 e. The predicted molar refractivity (Wildman–Crippen MR) is 54.9 cm³/mol. The van der Waals surface area contributed by atoms with E-state index in [2.05, 4.69) is 16.6 Å². The minimum atomic E-state index is -2.87. The molecule has 0 aliphatic carbocycles. The first kappa shape index (κ1) is 13.1. The fraction of sp³-hybridized carbons (Fsp3) is 0.250. The molecule has 90 valence electrons. The van der Waals surface area contributed by atoms with Crippen molar-refractivity contribution in [3.63, 3.8) is 0 Å². The molecule has 1 rings (SSSR count). The van der Waals surface area contributed by atoms with Gasteiger partial charge in [-0.15, -0.1) is 0 Å². The first-order valence-electron chi connectivity index (χ1n) is 4.81. The second-order valence-corrected chi connectivity index (χ2v) is 3.01. The number of halogens is 3. The van der Waals surface area contributed by atoms with Crippen LogP contribution < -0.4 is 0 Å². The van der Waals surface area contributed by atoms with Crippen molar-refractivity contribution in [3.05, 3.63) is 35.1 Å². The molecule has 0 atom stereocenters. The normalized spacial score (nSPS) is 9.71. The monoisotopic (exact) mass is 242 g/mol. The van der Waals surface area contributed by atoms with Crippen LogP contribution in [0.1, 0.15) is 24.5 Å². The van der Waals surface area contributed by atoms with Crippen LogP contribution in [-0.2, 0) is 9.53 Å². The number of rotatable bonds is 2. The first-order chi connectivity index (χ1) is 8.04. The summed E-state index contributed by atoms with van der Waals surface area (Å²) in [6, 6.07) is 3.01. The lowest BCUT2D eigenvalue weighted by atomic mass is 10.1. The van der Waals surface area contributed by atoms with Crippen molar-refractivity contribution < 1.29 is 22.7 Å². The molecule has 0 saturated heterocycles. The number of benzene rings is 1. The zero-order valence-electron chi connectivity index (χ0n) is 8.97. The van der Waals surface area contributed by atoms with E-state index >= 15 is 0 Å². The molecule has 0 heterocycles. The van der Waals surface area contributed by atoms with Crippen molar-refractivity contribution in [2.45, 2.75) is 13.3 Å². The fourth-order valence-electron chi connectivity index (χ4n) is 1.07. The lowest BCUT2D eigenvalue weighted by molar-refractivity contribution is -0.136. The van der Waals surface area contributed by atoms with Crippen molar-refractivity contribution in [2.24, 2.45) is 0 Å². The van der Waals surface area contributed by atoms with Crippen molar-refractivity contribution in [3.8, 4) is 11.8 Å². The summed E-state index contributed by atoms with van der Waals surface area (Å²) < 4.78 is 42.1. The van der Waals surface area contributed by atoms with Gasteiger partial charge in [-0.05, 0) is 25.1 Å². The summed E-state index contributed by atoms with van der Waals surface area (Å²) in [6.07, 6.45) is -2.87. The van der Waals surface area contributed by atoms with E-state index in [9.17, 15) is 18.0 Å². The molecule has 0 unspecified atom stereocenters. The number of alkyl halides is 2. The quantitative estimate of drug-likeness (QED) is 0.588. The standard InChI is InChI=1S/C12H9F3O2/c1-2-17-11(16)6-4-8-3-5-9(12(14)15)10(13)7-8/h3,5,7,12H,2H2,1H3. The minimum absolute atomic E-state index is 0.139. The highest BCUT2D eigenvalue weighted by molar-refractivity contribution is 5.89. The highest BCUT2D eigenvalue weighted by Gasteiger charge is 2.12. The highest BCUT2D eigenvalue weighted by atomic mass is 19.3. The van der Waals surface area contributed by atoms with Crippen molar-refractivity contribution in [1.82, 2.24) is 0 Å². The van der Waals surface area contributed by atoms with Crippen molar-refractivity contribution in [2.75, 3.05) is 6.61 Å². The zero-order chi connectivity index (χ0) is 12.8. The van der Waals surface area contributed by atoms with Crippen LogP contribution in [0.15, 0.2) is 18.2 Å². The van der Waals surface area contributed by atoms with Crippen molar-refractivity contribution >= 4 is 5.97 Å². The van der Waals surface area contributed by atoms with Gasteiger partial charge in [0.25, 0.3) is 6.43 Å². The van der Waals surface area contributed by atoms with E-state index in [1.807, 2.05) is 0 Å². The van der Waals surface area contributed by atoms with E-state index in [1.165, 1.54) is 6.07 Å². The molecule has 0 saturated carbocycles. The molecule has 0 spiro atoms. The Hall–Kier alpha value is -1.96. The zero-order valence-corrected chi connectivity index (χ0v) is 8.97. The molecule has 2 nitrogen and oxygen atoms in total. The number of esters is 1. The molecular formula is C12H9F3O2. The molecular weight excluding hydrogens is 233 g/mol. The van der Waals surface area contributed by atoms with Crippen LogP contribution in [0.2, 0.25) is 0 Å². The Morgan fingerprint density at radius 3 is 2.71 bits per heavy atom. The number of hydrogen-bond donors (Lipinski definition) is 0. The van der Waals surface area contributed by atoms with E-state index in [0.29, 0.717) is 0 Å². The third kappa shape index (κ3) is 3.83. The van der Waals surface area contributed by atoms with Gasteiger partial charge in [0.2, 0.25) is 0 Å². The molecule has 0 N–H and O–H groups in total. The topological polar surface area (TPSA) is 26.3 Å². The molecule has 0 bridgehead atoms. The van der Waals surface area contributed by atoms with Gasteiger partial charge in [-0.3, -0.25) is 0 Å². The van der Waals surface area contributed by atoms with Gasteiger partial charge in [0.1, 0.15) is 5.82 Å². The second-order valence-electron chi connectivity index (χ2n) is 3.01. The lowest BCUT2D eigenvalue weighted by Gasteiger charge is -2.01. The summed E-state index contributed by atoms with van der Waals surface area (Å²) in [4.78, 5) is 10.9. The first-order valence-corrected chi connectivity index (χ1v) is 4.81. The van der Waals surface area contributed by atoms with Crippen LogP contribution in [0.3, 0.4) is 0 Å². The maximum atomic E-state index is 13.1. The van der Waals surface area contributed by atoms with Crippen LogP contribution in [0.25, 0.3) is 0 Å². The van der Waals surface area contributed by atoms with Gasteiger partial charge in [-0.25, -0.2) is 18.0 Å². The van der Waals surface area contributed by atoms with E-state index in [0.717, 1.165) is 12.1 Å². The molecule has 0 aromatic heterocycles. The van der Waals surface area contributed by atoms with Gasteiger partial charge < -0.3 is 4.74 Å². The van der Waals surface area contributed by atoms with Gasteiger partial charge in [0.05, 0.1) is 12.2 Å². The Morgan fingerprint density at radius 1 is 1.47 bits per heavy atom. The molecule has 0 aliphatic heterocycles. The lowest BCUT2D eigenvalue weighted by Crippen LogP contribution is -1.99. The van der Waals surface area contributed by atoms with E-state index in [1.54, 1.807) is 6.92 Å². The molecule has 0 fully saturated rings. The van der Waals surface area contributed by atoms with Crippen LogP contribution in [0.4, 0.5) is 13.2 Å². The molecule has 5 heteroatoms. The molecule has 0 aliphatic rings. The van der Waals surface area contributed by atoms with Gasteiger partial charge in [-0.2, -0.15) is 0 Å².